The van der Waals surface area contributed by atoms with Crippen LogP contribution in [0, 0.1) is 13.7 Å². The highest BCUT2D eigenvalue weighted by Gasteiger charge is 2.29. The molecular weight excluding hydrogens is 731 g/mol. The van der Waals surface area contributed by atoms with Crippen molar-refractivity contribution in [1.29, 1.82) is 0 Å². The lowest BCUT2D eigenvalue weighted by Gasteiger charge is -2.27. The largest absolute Gasteiger partial charge is 0.507 e. The van der Waals surface area contributed by atoms with E-state index in [1.807, 2.05) is 20.8 Å². The average Bonchev–Trinajstić information content (AvgIpc) is 0.767. The molecule has 0 aliphatic carbocycles. The van der Waals surface area contributed by atoms with Crippen molar-refractivity contribution in [3.8, 4) is 67.5 Å². The van der Waals surface area contributed by atoms with Gasteiger partial charge in [-0.1, -0.05) is 152 Å². The SMILES string of the molecule is [2H]c1c([2H])c(C([2H])([2H])[2H])c([2H])c([2H])c1-c1ccnc(-c2cc(-c3cccc4c3nc(-c3cc(C(C([2H])([2H])[2H])(C([2H])([2H])[2H])C([2H])([2H])[2H])cc(C(C([2H])([2H])[2H])(C([2H])([2H])[2H])C([2H])([2H])[2H])c3O)n4-c3ccc(-c4ccccc4)c(C([2H])([2H])[2H])c3)cc(C(C)(C)C)c2)c1. The zero-order chi connectivity index (χ0) is 66.2. The van der Waals surface area contributed by atoms with Crippen LogP contribution in [0.5, 0.6) is 5.75 Å². The highest BCUT2D eigenvalue weighted by atomic mass is 16.3. The number of nitrogens with zero attached hydrogens (tertiary/aromatic N) is 3. The molecule has 0 aliphatic rings. The van der Waals surface area contributed by atoms with E-state index in [1.165, 1.54) is 53.2 Å². The minimum atomic E-state index is -4.27. The minimum Gasteiger partial charge on any atom is -0.507 e. The van der Waals surface area contributed by atoms with E-state index < -0.39 is 129 Å². The van der Waals surface area contributed by atoms with E-state index in [1.54, 1.807) is 54.6 Å². The first-order chi connectivity index (χ1) is 40.0. The molecule has 2 aromatic heterocycles. The summed E-state index contributed by atoms with van der Waals surface area (Å²) in [6.45, 7) is -25.5. The fraction of sp³-hybridized carbons (Fsp3) is 0.250. The Hall–Kier alpha value is -6.26. The molecule has 0 saturated heterocycles. The molecule has 0 fully saturated rings. The standard InChI is InChI=1S/C56H57N3O/c1-35-20-22-37(23-21-35)39-26-27-57-49(32-39)41-29-40(30-42(31-41)54(3,4)5)46-18-15-19-50-51(46)58-53(47-33-43(55(6,7)8)34-48(52(47)60)56(9,10)11)59(50)44-24-25-45(36(2)28-44)38-16-13-12-14-17-38/h12-34,60H,1-11H3/i1D3,2D3,6D3,7D3,8D3,9D3,10D3,11D3,20D,21D,22D,23D. The molecule has 0 unspecified atom stereocenters. The van der Waals surface area contributed by atoms with Crippen molar-refractivity contribution < 1.29 is 43.5 Å². The number of imidazole rings is 1. The second-order valence-electron chi connectivity index (χ2n) is 15.7. The van der Waals surface area contributed by atoms with Gasteiger partial charge < -0.3 is 5.11 Å². The van der Waals surface area contributed by atoms with Crippen LogP contribution in [0.4, 0.5) is 0 Å². The van der Waals surface area contributed by atoms with Crippen molar-refractivity contribution in [2.75, 3.05) is 0 Å². The predicted molar refractivity (Wildman–Crippen MR) is 253 cm³/mol. The monoisotopic (exact) mass is 816 g/mol. The fourth-order valence-electron chi connectivity index (χ4n) is 7.19. The van der Waals surface area contributed by atoms with Crippen molar-refractivity contribution in [3.63, 3.8) is 0 Å². The molecular formula is C56H57N3O. The number of para-hydroxylation sites is 1. The molecule has 0 bridgehead atoms. The van der Waals surface area contributed by atoms with Gasteiger partial charge in [-0.05, 0) is 123 Å². The lowest BCUT2D eigenvalue weighted by molar-refractivity contribution is 0.446. The van der Waals surface area contributed by atoms with Gasteiger partial charge in [-0.3, -0.25) is 9.55 Å². The number of aromatic hydroxyl groups is 1. The van der Waals surface area contributed by atoms with Crippen LogP contribution in [0.25, 0.3) is 72.7 Å². The molecule has 0 spiro atoms. The number of phenolic OH excluding ortho intramolecular Hbond substituents is 1. The maximum absolute atomic E-state index is 12.9. The molecule has 8 rings (SSSR count). The zero-order valence-corrected chi connectivity index (χ0v) is 32.8. The summed E-state index contributed by atoms with van der Waals surface area (Å²) in [4.78, 5) is 9.58. The minimum absolute atomic E-state index is 0.00283. The van der Waals surface area contributed by atoms with E-state index >= 15 is 0 Å². The third-order valence-electron chi connectivity index (χ3n) is 10.3. The molecule has 0 radical (unpaired) electrons. The Labute approximate surface area is 396 Å². The number of aromatic nitrogens is 3. The van der Waals surface area contributed by atoms with E-state index in [-0.39, 0.29) is 56.3 Å². The number of phenols is 1. The Kier molecular flexibility index (Phi) is 4.77. The molecule has 1 N–H and O–H groups in total. The number of benzene rings is 6. The third kappa shape index (κ3) is 7.79. The summed E-state index contributed by atoms with van der Waals surface area (Å²) < 4.78 is 243. The topological polar surface area (TPSA) is 50.9 Å². The zero-order valence-electron chi connectivity index (χ0n) is 60.8. The number of hydrogen-bond acceptors (Lipinski definition) is 3. The summed E-state index contributed by atoms with van der Waals surface area (Å²) in [5.74, 6) is -2.21. The lowest BCUT2D eigenvalue weighted by Crippen LogP contribution is -2.17. The number of rotatable bonds is 6. The van der Waals surface area contributed by atoms with E-state index in [4.69, 9.17) is 43.4 Å². The van der Waals surface area contributed by atoms with Crippen LogP contribution in [0.15, 0.2) is 140 Å². The Morgan fingerprint density at radius 1 is 0.583 bits per heavy atom. The van der Waals surface area contributed by atoms with Gasteiger partial charge in [0.25, 0.3) is 0 Å². The first kappa shape index (κ1) is 19.0. The maximum atomic E-state index is 12.9. The molecule has 60 heavy (non-hydrogen) atoms. The molecule has 0 atom stereocenters. The van der Waals surface area contributed by atoms with Gasteiger partial charge in [0, 0.05) is 61.5 Å². The average molecular weight is 816 g/mol. The van der Waals surface area contributed by atoms with Crippen LogP contribution in [0.2, 0.25) is 0 Å². The fourth-order valence-corrected chi connectivity index (χ4v) is 7.19. The molecule has 0 amide bonds. The van der Waals surface area contributed by atoms with Crippen LogP contribution in [-0.2, 0) is 16.2 Å². The summed E-state index contributed by atoms with van der Waals surface area (Å²) >= 11 is 0. The number of aryl methyl sites for hydroxylation is 1. The highest BCUT2D eigenvalue weighted by Crippen LogP contribution is 2.45. The lowest BCUT2D eigenvalue weighted by atomic mass is 9.79. The van der Waals surface area contributed by atoms with Gasteiger partial charge in [-0.2, -0.15) is 0 Å². The van der Waals surface area contributed by atoms with Gasteiger partial charge in [-0.15, -0.1) is 0 Å². The smallest absolute Gasteiger partial charge is 0.149 e. The number of hydrogen-bond donors (Lipinski definition) is 1. The van der Waals surface area contributed by atoms with Gasteiger partial charge in [0.05, 0.1) is 27.8 Å². The molecule has 4 nitrogen and oxygen atoms in total. The van der Waals surface area contributed by atoms with E-state index in [9.17, 15) is 5.11 Å². The highest BCUT2D eigenvalue weighted by molar-refractivity contribution is 5.97. The first-order valence-corrected chi connectivity index (χ1v) is 18.8. The Morgan fingerprint density at radius 3 is 2.05 bits per heavy atom. The Bertz CT molecular complexity index is 3920. The quantitative estimate of drug-likeness (QED) is 0.182. The molecule has 6 aromatic carbocycles. The van der Waals surface area contributed by atoms with Crippen LogP contribution < -0.4 is 0 Å². The molecule has 302 valence electrons. The summed E-state index contributed by atoms with van der Waals surface area (Å²) in [5, 5.41) is 12.9. The van der Waals surface area contributed by atoms with E-state index in [0.717, 1.165) is 0 Å². The molecule has 2 heterocycles. The summed E-state index contributed by atoms with van der Waals surface area (Å²) in [5.41, 5.74) is -12.0. The van der Waals surface area contributed by atoms with Gasteiger partial charge >= 0.3 is 0 Å². The van der Waals surface area contributed by atoms with Gasteiger partial charge in [-0.25, -0.2) is 4.98 Å². The van der Waals surface area contributed by atoms with Crippen molar-refractivity contribution in [3.05, 3.63) is 167 Å². The van der Waals surface area contributed by atoms with E-state index in [0.29, 0.717) is 28.3 Å². The molecule has 4 heteroatoms. The summed E-state index contributed by atoms with van der Waals surface area (Å²) in [7, 11) is 0. The maximum Gasteiger partial charge on any atom is 0.149 e. The first-order valence-electron chi connectivity index (χ1n) is 32.8. The summed E-state index contributed by atoms with van der Waals surface area (Å²) in [6, 6.07) is 23.0. The Balaban J connectivity index is 1.58. The number of pyridine rings is 1. The predicted octanol–water partition coefficient (Wildman–Crippen LogP) is 15.0. The van der Waals surface area contributed by atoms with Gasteiger partial charge in [0.1, 0.15) is 11.6 Å². The molecule has 0 aliphatic heterocycles. The van der Waals surface area contributed by atoms with Crippen LogP contribution in [-0.4, -0.2) is 19.6 Å². The van der Waals surface area contributed by atoms with Crippen LogP contribution >= 0.6 is 0 Å². The second kappa shape index (κ2) is 15.1. The summed E-state index contributed by atoms with van der Waals surface area (Å²) in [6.07, 6.45) is 1.34. The normalized spacial score (nSPS) is 20.9. The Morgan fingerprint density at radius 2 is 1.33 bits per heavy atom. The number of fused-ring (bicyclic) bond motifs is 1. The van der Waals surface area contributed by atoms with Gasteiger partial charge in [0.2, 0.25) is 0 Å². The van der Waals surface area contributed by atoms with Crippen molar-refractivity contribution in [2.24, 2.45) is 0 Å². The van der Waals surface area contributed by atoms with Crippen LogP contribution in [0.1, 0.15) is 128 Å². The third-order valence-corrected chi connectivity index (χ3v) is 10.3. The molecule has 0 saturated carbocycles. The second-order valence-corrected chi connectivity index (χ2v) is 15.7. The van der Waals surface area contributed by atoms with Gasteiger partial charge in [0.15, 0.2) is 0 Å². The van der Waals surface area contributed by atoms with Crippen molar-refractivity contribution in [2.45, 2.75) is 91.8 Å². The van der Waals surface area contributed by atoms with Crippen molar-refractivity contribution in [1.82, 2.24) is 14.5 Å². The molecule has 8 aromatic rings. The van der Waals surface area contributed by atoms with Crippen molar-refractivity contribution >= 4 is 11.0 Å². The van der Waals surface area contributed by atoms with E-state index in [2.05, 4.69) is 4.98 Å². The van der Waals surface area contributed by atoms with Crippen LogP contribution in [0.3, 0.4) is 0 Å².